The number of carbonyl (C=O) groups is 1. The Morgan fingerprint density at radius 2 is 1.63 bits per heavy atom. The Morgan fingerprint density at radius 1 is 0.943 bits per heavy atom. The molecule has 1 amide bonds. The van der Waals surface area contributed by atoms with Crippen molar-refractivity contribution in [1.29, 1.82) is 0 Å². The minimum absolute atomic E-state index is 0.0466. The van der Waals surface area contributed by atoms with E-state index >= 15 is 0 Å². The van der Waals surface area contributed by atoms with Crippen LogP contribution >= 0.6 is 11.8 Å². The van der Waals surface area contributed by atoms with Gasteiger partial charge >= 0.3 is 0 Å². The second kappa shape index (κ2) is 9.88. The maximum atomic E-state index is 12.7. The molecule has 0 unspecified atom stereocenters. The van der Waals surface area contributed by atoms with Gasteiger partial charge in [-0.2, -0.15) is 0 Å². The molecule has 35 heavy (non-hydrogen) atoms. The van der Waals surface area contributed by atoms with Crippen LogP contribution in [0, 0.1) is 13.8 Å². The van der Waals surface area contributed by atoms with Crippen LogP contribution in [-0.4, -0.2) is 16.0 Å². The van der Waals surface area contributed by atoms with Crippen molar-refractivity contribution in [1.82, 2.24) is 9.88 Å². The summed E-state index contributed by atoms with van der Waals surface area (Å²) in [4.78, 5) is 13.4. The van der Waals surface area contributed by atoms with E-state index in [1.165, 1.54) is 28.5 Å². The molecule has 0 radical (unpaired) electrons. The molecule has 1 saturated heterocycles. The maximum Gasteiger partial charge on any atom is 0.260 e. The van der Waals surface area contributed by atoms with Gasteiger partial charge in [0.25, 0.3) is 5.91 Å². The third kappa shape index (κ3) is 4.91. The summed E-state index contributed by atoms with van der Waals surface area (Å²) in [5.41, 5.74) is 8.93. The molecule has 5 rings (SSSR count). The number of nitrogens with zero attached hydrogens (tertiary/aromatic N) is 1. The average molecular weight is 480 g/mol. The van der Waals surface area contributed by atoms with Gasteiger partial charge in [0, 0.05) is 22.8 Å². The van der Waals surface area contributed by atoms with Crippen LogP contribution in [0.1, 0.15) is 29.4 Å². The number of aryl methyl sites for hydroxylation is 2. The zero-order chi connectivity index (χ0) is 24.4. The van der Waals surface area contributed by atoms with E-state index in [0.29, 0.717) is 4.91 Å². The number of benzene rings is 3. The first-order chi connectivity index (χ1) is 17.0. The molecule has 2 heterocycles. The van der Waals surface area contributed by atoms with Gasteiger partial charge in [-0.05, 0) is 78.9 Å². The molecule has 2 N–H and O–H groups in total. The molecular weight excluding hydrogens is 450 g/mol. The Balaban J connectivity index is 1.34. The van der Waals surface area contributed by atoms with Crippen molar-refractivity contribution in [2.75, 3.05) is 5.32 Å². The molecule has 1 atom stereocenters. The second-order valence-electron chi connectivity index (χ2n) is 8.75. The molecule has 4 nitrogen and oxygen atoms in total. The van der Waals surface area contributed by atoms with Crippen molar-refractivity contribution in [3.05, 3.63) is 112 Å². The van der Waals surface area contributed by atoms with E-state index < -0.39 is 0 Å². The number of amides is 1. The number of thioether (sulfide) groups is 1. The molecule has 0 saturated carbocycles. The second-order valence-corrected chi connectivity index (χ2v) is 9.90. The fourth-order valence-electron chi connectivity index (χ4n) is 4.46. The summed E-state index contributed by atoms with van der Waals surface area (Å²) in [7, 11) is 0. The van der Waals surface area contributed by atoms with Crippen LogP contribution in [0.2, 0.25) is 0 Å². The number of aromatic nitrogens is 1. The van der Waals surface area contributed by atoms with Crippen LogP contribution in [0.3, 0.4) is 0 Å². The van der Waals surface area contributed by atoms with Gasteiger partial charge < -0.3 is 15.2 Å². The highest BCUT2D eigenvalue weighted by molar-refractivity contribution is 8.05. The SMILES string of the molecule is CCc1ccc(N[C@@H]2NC(=O)/C(=C\c3cc(C)n(-c4ccc(-c5ccccc5)cc4)c3C)S2)cc1. The number of nitrogens with one attached hydrogen (secondary N) is 2. The van der Waals surface area contributed by atoms with Crippen LogP contribution in [-0.2, 0) is 11.2 Å². The van der Waals surface area contributed by atoms with Gasteiger partial charge in [0.15, 0.2) is 5.50 Å². The van der Waals surface area contributed by atoms with E-state index in [1.54, 1.807) is 0 Å². The third-order valence-electron chi connectivity index (χ3n) is 6.38. The standard InChI is InChI=1S/C30H29N3OS/c1-4-22-10-14-26(15-11-22)31-30-32-29(34)28(35-30)19-25-18-20(2)33(21(25)3)27-16-12-24(13-17-27)23-8-6-5-7-9-23/h5-19,30-31H,4H2,1-3H3,(H,32,34)/b28-19+/t30-/m1/s1. The van der Waals surface area contributed by atoms with Gasteiger partial charge in [0.1, 0.15) is 0 Å². The Bertz CT molecular complexity index is 1370. The summed E-state index contributed by atoms with van der Waals surface area (Å²) >= 11 is 1.52. The lowest BCUT2D eigenvalue weighted by molar-refractivity contribution is -0.116. The maximum absolute atomic E-state index is 12.7. The van der Waals surface area contributed by atoms with Gasteiger partial charge in [0.2, 0.25) is 0 Å². The molecule has 176 valence electrons. The van der Waals surface area contributed by atoms with Gasteiger partial charge in [-0.15, -0.1) is 0 Å². The normalized spacial score (nSPS) is 16.5. The average Bonchev–Trinajstić information content (AvgIpc) is 3.37. The van der Waals surface area contributed by atoms with Crippen molar-refractivity contribution in [2.45, 2.75) is 32.7 Å². The first kappa shape index (κ1) is 23.1. The minimum atomic E-state index is -0.185. The lowest BCUT2D eigenvalue weighted by Gasteiger charge is -2.12. The van der Waals surface area contributed by atoms with Crippen molar-refractivity contribution in [3.63, 3.8) is 0 Å². The van der Waals surface area contributed by atoms with Crippen LogP contribution in [0.5, 0.6) is 0 Å². The monoisotopic (exact) mass is 479 g/mol. The highest BCUT2D eigenvalue weighted by Gasteiger charge is 2.27. The number of hydrogen-bond donors (Lipinski definition) is 2. The Hall–Kier alpha value is -3.70. The summed E-state index contributed by atoms with van der Waals surface area (Å²) in [6.45, 7) is 6.35. The Morgan fingerprint density at radius 3 is 2.31 bits per heavy atom. The molecule has 1 fully saturated rings. The van der Waals surface area contributed by atoms with E-state index in [4.69, 9.17) is 0 Å². The molecule has 5 heteroatoms. The van der Waals surface area contributed by atoms with Gasteiger partial charge in [-0.1, -0.05) is 73.3 Å². The highest BCUT2D eigenvalue weighted by Crippen LogP contribution is 2.32. The molecule has 0 bridgehead atoms. The minimum Gasteiger partial charge on any atom is -0.357 e. The van der Waals surface area contributed by atoms with Crippen molar-refractivity contribution < 1.29 is 4.79 Å². The highest BCUT2D eigenvalue weighted by atomic mass is 32.2. The molecule has 1 aliphatic rings. The summed E-state index contributed by atoms with van der Waals surface area (Å²) in [5.74, 6) is -0.0466. The van der Waals surface area contributed by atoms with Crippen LogP contribution in [0.4, 0.5) is 5.69 Å². The van der Waals surface area contributed by atoms with Crippen LogP contribution in [0.25, 0.3) is 22.9 Å². The lowest BCUT2D eigenvalue weighted by Crippen LogP contribution is -2.30. The van der Waals surface area contributed by atoms with Crippen molar-refractivity contribution >= 4 is 29.4 Å². The predicted molar refractivity (Wildman–Crippen MR) is 148 cm³/mol. The van der Waals surface area contributed by atoms with Gasteiger partial charge in [0.05, 0.1) is 4.91 Å². The van der Waals surface area contributed by atoms with E-state index in [9.17, 15) is 4.79 Å². The summed E-state index contributed by atoms with van der Waals surface area (Å²) < 4.78 is 2.24. The molecule has 4 aromatic rings. The van der Waals surface area contributed by atoms with Crippen LogP contribution < -0.4 is 10.6 Å². The molecule has 0 aliphatic carbocycles. The van der Waals surface area contributed by atoms with Gasteiger partial charge in [-0.3, -0.25) is 4.79 Å². The van der Waals surface area contributed by atoms with Crippen LogP contribution in [0.15, 0.2) is 89.8 Å². The fraction of sp³-hybridized carbons (Fsp3) is 0.167. The molecule has 1 aromatic heterocycles. The molecular formula is C30H29N3OS. The van der Waals surface area contributed by atoms with Crippen molar-refractivity contribution in [3.8, 4) is 16.8 Å². The fourth-order valence-corrected chi connectivity index (χ4v) is 5.44. The van der Waals surface area contributed by atoms with E-state index in [2.05, 4.69) is 115 Å². The molecule has 1 aliphatic heterocycles. The first-order valence-corrected chi connectivity index (χ1v) is 12.8. The number of carbonyl (C=O) groups excluding carboxylic acids is 1. The number of rotatable bonds is 6. The molecule has 3 aromatic carbocycles. The topological polar surface area (TPSA) is 46.1 Å². The number of hydrogen-bond acceptors (Lipinski definition) is 3. The first-order valence-electron chi connectivity index (χ1n) is 11.9. The Labute approximate surface area is 211 Å². The van der Waals surface area contributed by atoms with E-state index in [1.807, 2.05) is 12.1 Å². The quantitative estimate of drug-likeness (QED) is 0.295. The largest absolute Gasteiger partial charge is 0.357 e. The Kier molecular flexibility index (Phi) is 6.51. The van der Waals surface area contributed by atoms with E-state index in [-0.39, 0.29) is 11.4 Å². The lowest BCUT2D eigenvalue weighted by atomic mass is 10.1. The zero-order valence-electron chi connectivity index (χ0n) is 20.2. The van der Waals surface area contributed by atoms with Crippen molar-refractivity contribution in [2.24, 2.45) is 0 Å². The van der Waals surface area contributed by atoms with E-state index in [0.717, 1.165) is 34.7 Å². The zero-order valence-corrected chi connectivity index (χ0v) is 21.0. The smallest absolute Gasteiger partial charge is 0.260 e. The summed E-state index contributed by atoms with van der Waals surface area (Å²) in [6.07, 6.45) is 3.01. The third-order valence-corrected chi connectivity index (χ3v) is 7.41. The summed E-state index contributed by atoms with van der Waals surface area (Å²) in [5, 5.41) is 6.43. The molecule has 0 spiro atoms. The predicted octanol–water partition coefficient (Wildman–Crippen LogP) is 6.92. The number of anilines is 1. The van der Waals surface area contributed by atoms with Gasteiger partial charge in [-0.25, -0.2) is 0 Å². The summed E-state index contributed by atoms with van der Waals surface area (Å²) in [6, 6.07) is 29.5.